The topological polar surface area (TPSA) is 46.6 Å². The Morgan fingerprint density at radius 3 is 2.61 bits per heavy atom. The molecule has 0 unspecified atom stereocenters. The number of hydrogen-bond acceptors (Lipinski definition) is 3. The Morgan fingerprint density at radius 1 is 1.33 bits per heavy atom. The van der Waals surface area contributed by atoms with Crippen LogP contribution in [-0.4, -0.2) is 22.9 Å². The second-order valence-corrected chi connectivity index (χ2v) is 4.16. The van der Waals surface area contributed by atoms with Crippen LogP contribution in [0.2, 0.25) is 0 Å². The summed E-state index contributed by atoms with van der Waals surface area (Å²) < 4.78 is 5.27. The van der Waals surface area contributed by atoms with Gasteiger partial charge in [-0.2, -0.15) is 0 Å². The van der Waals surface area contributed by atoms with Crippen molar-refractivity contribution in [3.8, 4) is 0 Å². The lowest BCUT2D eigenvalue weighted by atomic mass is 10.0. The van der Waals surface area contributed by atoms with Crippen LogP contribution in [0.4, 0.5) is 4.79 Å². The van der Waals surface area contributed by atoms with Gasteiger partial charge in [0.15, 0.2) is 0 Å². The standard InChI is InChI=1S/C14H15NO3/c1-3-7-12(16)15-10(2)13(18-14(15)17)11-8-5-4-6-9-11/h3-10,13H,1-2H3/t10-,13-/m0/s1. The van der Waals surface area contributed by atoms with E-state index in [9.17, 15) is 9.59 Å². The Morgan fingerprint density at radius 2 is 2.00 bits per heavy atom. The van der Waals surface area contributed by atoms with E-state index in [1.54, 1.807) is 13.0 Å². The van der Waals surface area contributed by atoms with Crippen molar-refractivity contribution in [1.29, 1.82) is 0 Å². The van der Waals surface area contributed by atoms with Gasteiger partial charge in [0, 0.05) is 0 Å². The molecule has 4 heteroatoms. The Labute approximate surface area is 106 Å². The van der Waals surface area contributed by atoms with Crippen molar-refractivity contribution < 1.29 is 14.3 Å². The fourth-order valence-electron chi connectivity index (χ4n) is 2.07. The summed E-state index contributed by atoms with van der Waals surface area (Å²) in [4.78, 5) is 24.7. The fraction of sp³-hybridized carbons (Fsp3) is 0.286. The first-order valence-electron chi connectivity index (χ1n) is 5.86. The number of rotatable bonds is 2. The lowest BCUT2D eigenvalue weighted by molar-refractivity contribution is -0.124. The molecular weight excluding hydrogens is 230 g/mol. The maximum atomic E-state index is 11.8. The summed E-state index contributed by atoms with van der Waals surface area (Å²) in [5.41, 5.74) is 0.897. The first-order chi connectivity index (χ1) is 8.65. The zero-order chi connectivity index (χ0) is 13.1. The van der Waals surface area contributed by atoms with Crippen LogP contribution < -0.4 is 0 Å². The summed E-state index contributed by atoms with van der Waals surface area (Å²) in [5, 5.41) is 0. The van der Waals surface area contributed by atoms with Crippen LogP contribution in [0.15, 0.2) is 42.5 Å². The van der Waals surface area contributed by atoms with E-state index in [0.717, 1.165) is 10.5 Å². The molecule has 2 amide bonds. The highest BCUT2D eigenvalue weighted by molar-refractivity contribution is 5.99. The van der Waals surface area contributed by atoms with Crippen molar-refractivity contribution in [2.24, 2.45) is 0 Å². The number of hydrogen-bond donors (Lipinski definition) is 0. The predicted molar refractivity (Wildman–Crippen MR) is 66.8 cm³/mol. The highest BCUT2D eigenvalue weighted by atomic mass is 16.6. The SMILES string of the molecule is CC=CC(=O)N1C(=O)O[C@H](c2ccccc2)[C@@H]1C. The molecule has 0 N–H and O–H groups in total. The molecule has 4 nitrogen and oxygen atoms in total. The van der Waals surface area contributed by atoms with Crippen molar-refractivity contribution >= 4 is 12.0 Å². The third-order valence-electron chi connectivity index (χ3n) is 2.94. The molecule has 1 aromatic carbocycles. The molecular formula is C14H15NO3. The molecule has 18 heavy (non-hydrogen) atoms. The van der Waals surface area contributed by atoms with Crippen LogP contribution in [-0.2, 0) is 9.53 Å². The Balaban J connectivity index is 2.24. The van der Waals surface area contributed by atoms with Gasteiger partial charge >= 0.3 is 6.09 Å². The molecule has 1 aromatic rings. The lowest BCUT2D eigenvalue weighted by Crippen LogP contribution is -2.36. The molecule has 0 spiro atoms. The van der Waals surface area contributed by atoms with E-state index in [1.165, 1.54) is 6.08 Å². The average Bonchev–Trinajstić information content (AvgIpc) is 2.66. The van der Waals surface area contributed by atoms with Crippen LogP contribution in [0, 0.1) is 0 Å². The van der Waals surface area contributed by atoms with E-state index < -0.39 is 12.2 Å². The van der Waals surface area contributed by atoms with Gasteiger partial charge < -0.3 is 4.74 Å². The van der Waals surface area contributed by atoms with E-state index in [1.807, 2.05) is 37.3 Å². The second-order valence-electron chi connectivity index (χ2n) is 4.16. The molecule has 0 aliphatic carbocycles. The van der Waals surface area contributed by atoms with Crippen LogP contribution in [0.25, 0.3) is 0 Å². The summed E-state index contributed by atoms with van der Waals surface area (Å²) in [6.07, 6.45) is 2.00. The average molecular weight is 245 g/mol. The summed E-state index contributed by atoms with van der Waals surface area (Å²) in [6, 6.07) is 9.13. The van der Waals surface area contributed by atoms with Gasteiger partial charge in [-0.15, -0.1) is 0 Å². The Kier molecular flexibility index (Phi) is 3.46. The lowest BCUT2D eigenvalue weighted by Gasteiger charge is -2.17. The minimum atomic E-state index is -0.584. The largest absolute Gasteiger partial charge is 0.439 e. The van der Waals surface area contributed by atoms with E-state index in [2.05, 4.69) is 0 Å². The minimum Gasteiger partial charge on any atom is -0.439 e. The van der Waals surface area contributed by atoms with Crippen molar-refractivity contribution in [2.45, 2.75) is 26.0 Å². The van der Waals surface area contributed by atoms with Gasteiger partial charge in [-0.3, -0.25) is 4.79 Å². The molecule has 2 rings (SSSR count). The number of cyclic esters (lactones) is 1. The molecule has 0 bridgehead atoms. The smallest absolute Gasteiger partial charge is 0.417 e. The highest BCUT2D eigenvalue weighted by Crippen LogP contribution is 2.32. The Hall–Kier alpha value is -2.10. The van der Waals surface area contributed by atoms with Crippen molar-refractivity contribution in [3.63, 3.8) is 0 Å². The number of imide groups is 1. The maximum absolute atomic E-state index is 11.8. The van der Waals surface area contributed by atoms with Crippen LogP contribution in [0.5, 0.6) is 0 Å². The third kappa shape index (κ3) is 2.14. The molecule has 2 atom stereocenters. The predicted octanol–water partition coefficient (Wildman–Crippen LogP) is 2.67. The molecule has 1 fully saturated rings. The second kappa shape index (κ2) is 5.04. The summed E-state index contributed by atoms with van der Waals surface area (Å²) in [5.74, 6) is -0.339. The van der Waals surface area contributed by atoms with Gasteiger partial charge in [-0.05, 0) is 25.5 Å². The normalized spacial score (nSPS) is 23.4. The molecule has 1 saturated heterocycles. The van der Waals surface area contributed by atoms with Gasteiger partial charge in [0.05, 0.1) is 6.04 Å². The summed E-state index contributed by atoms with van der Waals surface area (Å²) in [7, 11) is 0. The molecule has 0 aromatic heterocycles. The third-order valence-corrected chi connectivity index (χ3v) is 2.94. The van der Waals surface area contributed by atoms with E-state index in [4.69, 9.17) is 4.74 Å². The number of carbonyl (C=O) groups excluding carboxylic acids is 2. The number of allylic oxidation sites excluding steroid dienone is 1. The maximum Gasteiger partial charge on any atom is 0.417 e. The monoisotopic (exact) mass is 245 g/mol. The van der Waals surface area contributed by atoms with Crippen molar-refractivity contribution in [3.05, 3.63) is 48.0 Å². The fourth-order valence-corrected chi connectivity index (χ4v) is 2.07. The molecule has 0 radical (unpaired) electrons. The quantitative estimate of drug-likeness (QED) is 0.752. The molecule has 1 aliphatic heterocycles. The van der Waals surface area contributed by atoms with Crippen LogP contribution >= 0.6 is 0 Å². The zero-order valence-corrected chi connectivity index (χ0v) is 10.4. The van der Waals surface area contributed by atoms with Crippen LogP contribution in [0.3, 0.4) is 0 Å². The first-order valence-corrected chi connectivity index (χ1v) is 5.86. The van der Waals surface area contributed by atoms with Gasteiger partial charge in [-0.25, -0.2) is 9.69 Å². The Bertz CT molecular complexity index is 481. The number of amides is 2. The number of benzene rings is 1. The van der Waals surface area contributed by atoms with Gasteiger partial charge in [0.1, 0.15) is 6.10 Å². The summed E-state index contributed by atoms with van der Waals surface area (Å²) in [6.45, 7) is 3.54. The highest BCUT2D eigenvalue weighted by Gasteiger charge is 2.42. The van der Waals surface area contributed by atoms with E-state index in [-0.39, 0.29) is 11.9 Å². The molecule has 94 valence electrons. The van der Waals surface area contributed by atoms with E-state index >= 15 is 0 Å². The van der Waals surface area contributed by atoms with Crippen molar-refractivity contribution in [1.82, 2.24) is 4.90 Å². The van der Waals surface area contributed by atoms with Gasteiger partial charge in [0.2, 0.25) is 0 Å². The van der Waals surface area contributed by atoms with E-state index in [0.29, 0.717) is 0 Å². The van der Waals surface area contributed by atoms with Crippen LogP contribution in [0.1, 0.15) is 25.5 Å². The first kappa shape index (κ1) is 12.4. The number of nitrogens with zero attached hydrogens (tertiary/aromatic N) is 1. The summed E-state index contributed by atoms with van der Waals surface area (Å²) >= 11 is 0. The number of carbonyl (C=O) groups is 2. The number of ether oxygens (including phenoxy) is 1. The molecule has 1 heterocycles. The zero-order valence-electron chi connectivity index (χ0n) is 10.4. The minimum absolute atomic E-state index is 0.302. The molecule has 0 saturated carbocycles. The van der Waals surface area contributed by atoms with Gasteiger partial charge in [0.25, 0.3) is 5.91 Å². The van der Waals surface area contributed by atoms with Crippen molar-refractivity contribution in [2.75, 3.05) is 0 Å². The van der Waals surface area contributed by atoms with Gasteiger partial charge in [-0.1, -0.05) is 36.4 Å². The molecule has 1 aliphatic rings.